The topological polar surface area (TPSA) is 47.8 Å². The smallest absolute Gasteiger partial charge is 0.146 e. The van der Waals surface area contributed by atoms with Crippen LogP contribution in [-0.4, -0.2) is 20.5 Å². The third-order valence-corrected chi connectivity index (χ3v) is 3.09. The minimum absolute atomic E-state index is 0.236. The number of ketones is 1. The molecule has 0 amide bonds. The minimum Gasteiger partial charge on any atom is -0.299 e. The van der Waals surface area contributed by atoms with E-state index >= 15 is 0 Å². The van der Waals surface area contributed by atoms with E-state index in [1.54, 1.807) is 0 Å². The molecule has 1 rings (SSSR count). The first kappa shape index (κ1) is 12.9. The van der Waals surface area contributed by atoms with E-state index in [1.807, 2.05) is 25.5 Å². The van der Waals surface area contributed by atoms with Crippen molar-refractivity contribution in [2.45, 2.75) is 53.5 Å². The van der Waals surface area contributed by atoms with Crippen molar-refractivity contribution in [3.8, 4) is 0 Å². The lowest BCUT2D eigenvalue weighted by atomic mass is 9.84. The molecule has 0 aliphatic heterocycles. The number of hydrogen-bond acceptors (Lipinski definition) is 3. The number of hydrogen-bond donors (Lipinski definition) is 0. The first-order valence-corrected chi connectivity index (χ1v) is 5.91. The fourth-order valence-corrected chi connectivity index (χ4v) is 1.40. The van der Waals surface area contributed by atoms with Gasteiger partial charge in [0.1, 0.15) is 17.9 Å². The van der Waals surface area contributed by atoms with Crippen LogP contribution in [0.5, 0.6) is 0 Å². The number of rotatable bonds is 6. The van der Waals surface area contributed by atoms with Crippen molar-refractivity contribution in [2.75, 3.05) is 0 Å². The Bertz CT molecular complexity index is 355. The number of carbonyl (C=O) groups is 1. The van der Waals surface area contributed by atoms with Gasteiger partial charge in [0.15, 0.2) is 0 Å². The Morgan fingerprint density at radius 2 is 2.12 bits per heavy atom. The molecule has 0 unspecified atom stereocenters. The molecule has 0 fully saturated rings. The molecule has 0 saturated carbocycles. The second-order valence-corrected chi connectivity index (χ2v) is 4.74. The van der Waals surface area contributed by atoms with Gasteiger partial charge in [-0.2, -0.15) is 5.10 Å². The number of nitrogens with zero attached hydrogens (tertiary/aromatic N) is 3. The van der Waals surface area contributed by atoms with Crippen LogP contribution < -0.4 is 0 Å². The van der Waals surface area contributed by atoms with Gasteiger partial charge in [0.25, 0.3) is 0 Å². The van der Waals surface area contributed by atoms with Crippen molar-refractivity contribution >= 4 is 5.78 Å². The summed E-state index contributed by atoms with van der Waals surface area (Å²) in [7, 11) is 0. The quantitative estimate of drug-likeness (QED) is 0.743. The summed E-state index contributed by atoms with van der Waals surface area (Å²) >= 11 is 0. The summed E-state index contributed by atoms with van der Waals surface area (Å²) in [5.41, 5.74) is -0.261. The van der Waals surface area contributed by atoms with Gasteiger partial charge in [-0.1, -0.05) is 27.7 Å². The second kappa shape index (κ2) is 5.23. The number of Topliss-reactive ketones (excluding diaryl/α,β-unsaturated/α-hetero) is 1. The molecule has 0 spiro atoms. The van der Waals surface area contributed by atoms with E-state index in [1.165, 1.54) is 6.33 Å². The van der Waals surface area contributed by atoms with Crippen LogP contribution in [0.15, 0.2) is 6.33 Å². The summed E-state index contributed by atoms with van der Waals surface area (Å²) in [6, 6.07) is 0. The summed E-state index contributed by atoms with van der Waals surface area (Å²) in [4.78, 5) is 16.2. The Labute approximate surface area is 97.1 Å². The standard InChI is InChI=1S/C12H21N3O/c1-5-7-15-11(13-9-14-15)8-10(16)12(3,4)6-2/h9H,5-8H2,1-4H3. The van der Waals surface area contributed by atoms with Crippen molar-refractivity contribution in [2.24, 2.45) is 5.41 Å². The van der Waals surface area contributed by atoms with Crippen LogP contribution in [0.25, 0.3) is 0 Å². The maximum absolute atomic E-state index is 12.0. The molecule has 0 aliphatic rings. The van der Waals surface area contributed by atoms with Gasteiger partial charge in [-0.05, 0) is 12.8 Å². The highest BCUT2D eigenvalue weighted by molar-refractivity contribution is 5.85. The van der Waals surface area contributed by atoms with Crippen LogP contribution >= 0.6 is 0 Å². The van der Waals surface area contributed by atoms with Gasteiger partial charge in [-0.15, -0.1) is 0 Å². The summed E-state index contributed by atoms with van der Waals surface area (Å²) in [6.45, 7) is 8.92. The van der Waals surface area contributed by atoms with Gasteiger partial charge in [0, 0.05) is 12.0 Å². The Hall–Kier alpha value is -1.19. The SMILES string of the molecule is CCCn1ncnc1CC(=O)C(C)(C)CC. The molecule has 0 aliphatic carbocycles. The third-order valence-electron chi connectivity index (χ3n) is 3.09. The Morgan fingerprint density at radius 1 is 1.44 bits per heavy atom. The molecule has 0 radical (unpaired) electrons. The Kier molecular flexibility index (Phi) is 4.21. The molecule has 1 heterocycles. The largest absolute Gasteiger partial charge is 0.299 e. The van der Waals surface area contributed by atoms with Gasteiger partial charge in [0.2, 0.25) is 0 Å². The van der Waals surface area contributed by atoms with Crippen LogP contribution in [0, 0.1) is 5.41 Å². The van der Waals surface area contributed by atoms with Gasteiger partial charge < -0.3 is 0 Å². The molecule has 0 bridgehead atoms. The minimum atomic E-state index is -0.261. The van der Waals surface area contributed by atoms with E-state index in [0.29, 0.717) is 6.42 Å². The predicted octanol–water partition coefficient (Wildman–Crippen LogP) is 2.24. The van der Waals surface area contributed by atoms with Gasteiger partial charge in [-0.25, -0.2) is 9.67 Å². The third kappa shape index (κ3) is 2.90. The zero-order valence-electron chi connectivity index (χ0n) is 10.7. The van der Waals surface area contributed by atoms with Crippen molar-refractivity contribution in [1.29, 1.82) is 0 Å². The van der Waals surface area contributed by atoms with Crippen LogP contribution in [0.2, 0.25) is 0 Å². The molecule has 4 heteroatoms. The van der Waals surface area contributed by atoms with E-state index in [-0.39, 0.29) is 11.2 Å². The predicted molar refractivity (Wildman–Crippen MR) is 63.1 cm³/mol. The van der Waals surface area contributed by atoms with E-state index in [0.717, 1.165) is 25.2 Å². The van der Waals surface area contributed by atoms with Crippen molar-refractivity contribution in [1.82, 2.24) is 14.8 Å². The zero-order chi connectivity index (χ0) is 12.2. The average Bonchev–Trinajstić information content (AvgIpc) is 2.66. The summed E-state index contributed by atoms with van der Waals surface area (Å²) in [5, 5.41) is 4.12. The van der Waals surface area contributed by atoms with Crippen LogP contribution in [-0.2, 0) is 17.8 Å². The molecular formula is C12H21N3O. The Morgan fingerprint density at radius 3 is 2.69 bits per heavy atom. The molecule has 0 atom stereocenters. The van der Waals surface area contributed by atoms with Crippen LogP contribution in [0.4, 0.5) is 0 Å². The maximum atomic E-state index is 12.0. The van der Waals surface area contributed by atoms with Crippen LogP contribution in [0.3, 0.4) is 0 Å². The fourth-order valence-electron chi connectivity index (χ4n) is 1.40. The van der Waals surface area contributed by atoms with Crippen LogP contribution in [0.1, 0.15) is 46.4 Å². The summed E-state index contributed by atoms with van der Waals surface area (Å²) in [6.07, 6.45) is 3.77. The van der Waals surface area contributed by atoms with Gasteiger partial charge >= 0.3 is 0 Å². The fraction of sp³-hybridized carbons (Fsp3) is 0.750. The normalized spacial score (nSPS) is 11.8. The van der Waals surface area contributed by atoms with Gasteiger partial charge in [0.05, 0.1) is 6.42 Å². The highest BCUT2D eigenvalue weighted by Crippen LogP contribution is 2.22. The van der Waals surface area contributed by atoms with Crippen molar-refractivity contribution in [3.63, 3.8) is 0 Å². The monoisotopic (exact) mass is 223 g/mol. The van der Waals surface area contributed by atoms with E-state index in [2.05, 4.69) is 17.0 Å². The molecule has 0 N–H and O–H groups in total. The van der Waals surface area contributed by atoms with Gasteiger partial charge in [-0.3, -0.25) is 4.79 Å². The molecule has 1 aromatic heterocycles. The lowest BCUT2D eigenvalue weighted by molar-refractivity contribution is -0.126. The van der Waals surface area contributed by atoms with E-state index in [9.17, 15) is 4.79 Å². The zero-order valence-corrected chi connectivity index (χ0v) is 10.7. The highest BCUT2D eigenvalue weighted by Gasteiger charge is 2.26. The first-order chi connectivity index (χ1) is 7.51. The number of aryl methyl sites for hydroxylation is 1. The Balaban J connectivity index is 2.73. The summed E-state index contributed by atoms with van der Waals surface area (Å²) in [5.74, 6) is 1.02. The molecule has 90 valence electrons. The molecule has 16 heavy (non-hydrogen) atoms. The van der Waals surface area contributed by atoms with Crippen molar-refractivity contribution < 1.29 is 4.79 Å². The average molecular weight is 223 g/mol. The lowest BCUT2D eigenvalue weighted by Gasteiger charge is -2.20. The van der Waals surface area contributed by atoms with Crippen molar-refractivity contribution in [3.05, 3.63) is 12.2 Å². The lowest BCUT2D eigenvalue weighted by Crippen LogP contribution is -2.26. The first-order valence-electron chi connectivity index (χ1n) is 5.91. The maximum Gasteiger partial charge on any atom is 0.146 e. The number of aromatic nitrogens is 3. The molecular weight excluding hydrogens is 202 g/mol. The van der Waals surface area contributed by atoms with E-state index in [4.69, 9.17) is 0 Å². The second-order valence-electron chi connectivity index (χ2n) is 4.74. The highest BCUT2D eigenvalue weighted by atomic mass is 16.1. The summed E-state index contributed by atoms with van der Waals surface area (Å²) < 4.78 is 1.82. The molecule has 0 saturated heterocycles. The number of carbonyl (C=O) groups excluding carboxylic acids is 1. The molecule has 0 aromatic carbocycles. The molecule has 4 nitrogen and oxygen atoms in total. The van der Waals surface area contributed by atoms with E-state index < -0.39 is 0 Å². The molecule has 1 aromatic rings.